The molecule has 5 rings (SSSR count). The number of ether oxygens (including phenoxy) is 1. The molecule has 1 aromatic heterocycles. The Bertz CT molecular complexity index is 1410. The highest BCUT2D eigenvalue weighted by molar-refractivity contribution is 6.31. The van der Waals surface area contributed by atoms with E-state index in [-0.39, 0.29) is 47.7 Å². The van der Waals surface area contributed by atoms with Crippen LogP contribution < -0.4 is 14.5 Å². The minimum atomic E-state index is -4.63. The lowest BCUT2D eigenvalue weighted by atomic mass is 9.96. The van der Waals surface area contributed by atoms with Crippen LogP contribution in [-0.2, 0) is 23.9 Å². The standard InChI is InChI=1S/C30H34ClF3N6O2/c1-4-26(41)40-14-13-39(16-19(40)2)28-21-10-12-38(25-9-5-8-23(31)27(25)30(32,33)34)17-24(21)36-29(22(28)15-35)42-18-20-7-6-11-37(20)3/h4-5,8-9,19-20H,1,6-7,10-14,16-18H2,2-3H3. The number of amides is 1. The van der Waals surface area contributed by atoms with Crippen LogP contribution in [0.15, 0.2) is 30.9 Å². The van der Waals surface area contributed by atoms with Crippen LogP contribution >= 0.6 is 11.6 Å². The van der Waals surface area contributed by atoms with Gasteiger partial charge in [-0.05, 0) is 58.0 Å². The van der Waals surface area contributed by atoms with Crippen molar-refractivity contribution in [3.05, 3.63) is 58.3 Å². The van der Waals surface area contributed by atoms with Crippen molar-refractivity contribution in [2.24, 2.45) is 0 Å². The summed E-state index contributed by atoms with van der Waals surface area (Å²) in [4.78, 5) is 24.8. The van der Waals surface area contributed by atoms with Gasteiger partial charge in [0.25, 0.3) is 0 Å². The van der Waals surface area contributed by atoms with Gasteiger partial charge in [0.1, 0.15) is 18.2 Å². The van der Waals surface area contributed by atoms with Gasteiger partial charge in [0.2, 0.25) is 11.8 Å². The fourth-order valence-corrected chi connectivity index (χ4v) is 6.60. The van der Waals surface area contributed by atoms with Crippen LogP contribution in [0.2, 0.25) is 5.02 Å². The average Bonchev–Trinajstić information content (AvgIpc) is 3.37. The van der Waals surface area contributed by atoms with Crippen LogP contribution in [0.1, 0.15) is 42.1 Å². The van der Waals surface area contributed by atoms with Crippen molar-refractivity contribution in [3.8, 4) is 11.9 Å². The van der Waals surface area contributed by atoms with Crippen molar-refractivity contribution in [2.45, 2.75) is 51.0 Å². The van der Waals surface area contributed by atoms with Gasteiger partial charge in [0.15, 0.2) is 0 Å². The topological polar surface area (TPSA) is 75.9 Å². The molecular weight excluding hydrogens is 569 g/mol. The van der Waals surface area contributed by atoms with Gasteiger partial charge in [-0.15, -0.1) is 0 Å². The largest absolute Gasteiger partial charge is 0.475 e. The molecule has 8 nitrogen and oxygen atoms in total. The zero-order valence-electron chi connectivity index (χ0n) is 23.8. The zero-order valence-corrected chi connectivity index (χ0v) is 24.5. The first-order valence-corrected chi connectivity index (χ1v) is 14.5. The summed E-state index contributed by atoms with van der Waals surface area (Å²) in [7, 11) is 2.03. The predicted octanol–water partition coefficient (Wildman–Crippen LogP) is 4.88. The second-order valence-corrected chi connectivity index (χ2v) is 11.5. The number of fused-ring (bicyclic) bond motifs is 1. The molecule has 0 bridgehead atoms. The van der Waals surface area contributed by atoms with Crippen LogP contribution in [0.4, 0.5) is 24.5 Å². The van der Waals surface area contributed by atoms with E-state index < -0.39 is 11.7 Å². The van der Waals surface area contributed by atoms with Crippen molar-refractivity contribution in [1.82, 2.24) is 14.8 Å². The molecule has 2 unspecified atom stereocenters. The number of anilines is 2. The molecular formula is C30H34ClF3N6O2. The molecule has 4 heterocycles. The number of benzene rings is 1. The summed E-state index contributed by atoms with van der Waals surface area (Å²) in [5, 5.41) is 10.0. The smallest absolute Gasteiger partial charge is 0.419 e. The lowest BCUT2D eigenvalue weighted by molar-refractivity contribution is -0.137. The van der Waals surface area contributed by atoms with Crippen LogP contribution in [0.3, 0.4) is 0 Å². The minimum absolute atomic E-state index is 0.00594. The number of pyridine rings is 1. The molecule has 0 spiro atoms. The van der Waals surface area contributed by atoms with Gasteiger partial charge in [0, 0.05) is 43.8 Å². The number of likely N-dealkylation sites (N-methyl/N-ethyl adjacent to an activating group) is 1. The average molecular weight is 603 g/mol. The molecule has 0 N–H and O–H groups in total. The maximum Gasteiger partial charge on any atom is 0.419 e. The van der Waals surface area contributed by atoms with Gasteiger partial charge in [0.05, 0.1) is 34.2 Å². The molecule has 1 amide bonds. The van der Waals surface area contributed by atoms with Crippen LogP contribution in [-0.4, -0.2) is 79.2 Å². The summed E-state index contributed by atoms with van der Waals surface area (Å²) >= 11 is 6.04. The van der Waals surface area contributed by atoms with E-state index in [9.17, 15) is 23.2 Å². The van der Waals surface area contributed by atoms with E-state index in [0.717, 1.165) is 24.9 Å². The highest BCUT2D eigenvalue weighted by Gasteiger charge is 2.39. The number of aromatic nitrogens is 1. The normalized spacial score (nSPS) is 21.2. The fraction of sp³-hybridized carbons (Fsp3) is 0.500. The molecule has 224 valence electrons. The highest BCUT2D eigenvalue weighted by atomic mass is 35.5. The van der Waals surface area contributed by atoms with Crippen molar-refractivity contribution in [2.75, 3.05) is 56.2 Å². The number of carbonyl (C=O) groups is 1. The van der Waals surface area contributed by atoms with Crippen molar-refractivity contribution in [3.63, 3.8) is 0 Å². The summed E-state index contributed by atoms with van der Waals surface area (Å²) in [6.07, 6.45) is -0.928. The second kappa shape index (κ2) is 12.0. The number of rotatable bonds is 6. The van der Waals surface area contributed by atoms with E-state index in [2.05, 4.69) is 22.4 Å². The monoisotopic (exact) mass is 602 g/mol. The zero-order chi connectivity index (χ0) is 30.2. The van der Waals surface area contributed by atoms with Gasteiger partial charge in [-0.2, -0.15) is 18.4 Å². The van der Waals surface area contributed by atoms with Crippen LogP contribution in [0.25, 0.3) is 0 Å². The Hall–Kier alpha value is -3.49. The second-order valence-electron chi connectivity index (χ2n) is 11.1. The molecule has 2 atom stereocenters. The first-order valence-electron chi connectivity index (χ1n) is 14.1. The van der Waals surface area contributed by atoms with E-state index in [0.29, 0.717) is 49.6 Å². The number of likely N-dealkylation sites (tertiary alicyclic amines) is 1. The number of hydrogen-bond acceptors (Lipinski definition) is 7. The van der Waals surface area contributed by atoms with Gasteiger partial charge in [-0.3, -0.25) is 4.79 Å². The van der Waals surface area contributed by atoms with Crippen molar-refractivity contribution in [1.29, 1.82) is 5.26 Å². The third-order valence-corrected chi connectivity index (χ3v) is 8.82. The Morgan fingerprint density at radius 3 is 2.69 bits per heavy atom. The third kappa shape index (κ3) is 5.75. The highest BCUT2D eigenvalue weighted by Crippen LogP contribution is 2.44. The quantitative estimate of drug-likeness (QED) is 0.436. The Morgan fingerprint density at radius 1 is 1.26 bits per heavy atom. The third-order valence-electron chi connectivity index (χ3n) is 8.51. The molecule has 0 radical (unpaired) electrons. The Kier molecular flexibility index (Phi) is 8.58. The molecule has 0 saturated carbocycles. The molecule has 2 fully saturated rings. The fourth-order valence-electron chi connectivity index (χ4n) is 6.32. The van der Waals surface area contributed by atoms with Gasteiger partial charge >= 0.3 is 6.18 Å². The summed E-state index contributed by atoms with van der Waals surface area (Å²) < 4.78 is 48.3. The van der Waals surface area contributed by atoms with E-state index >= 15 is 0 Å². The van der Waals surface area contributed by atoms with Gasteiger partial charge < -0.3 is 24.3 Å². The first kappa shape index (κ1) is 30.0. The number of alkyl halides is 3. The number of nitrogens with zero attached hydrogens (tertiary/aromatic N) is 6. The summed E-state index contributed by atoms with van der Waals surface area (Å²) in [5.74, 6) is 0.0366. The number of carbonyl (C=O) groups excluding carboxylic acids is 1. The maximum absolute atomic E-state index is 14.0. The lowest BCUT2D eigenvalue weighted by Gasteiger charge is -2.42. The number of piperazine rings is 1. The van der Waals surface area contributed by atoms with Gasteiger partial charge in [-0.25, -0.2) is 4.98 Å². The van der Waals surface area contributed by atoms with Crippen LogP contribution in [0, 0.1) is 11.3 Å². The molecule has 2 aromatic rings. The molecule has 12 heteroatoms. The van der Waals surface area contributed by atoms with Crippen molar-refractivity contribution < 1.29 is 22.7 Å². The van der Waals surface area contributed by atoms with Gasteiger partial charge in [-0.1, -0.05) is 24.2 Å². The Labute approximate surface area is 248 Å². The van der Waals surface area contributed by atoms with Crippen molar-refractivity contribution >= 4 is 28.9 Å². The minimum Gasteiger partial charge on any atom is -0.475 e. The Morgan fingerprint density at radius 2 is 2.05 bits per heavy atom. The van der Waals surface area contributed by atoms with E-state index in [1.807, 2.05) is 14.0 Å². The number of hydrogen-bond donors (Lipinski definition) is 0. The SMILES string of the molecule is C=CC(=O)N1CCN(c2c(C#N)c(OCC3CCCN3C)nc3c2CCN(c2cccc(Cl)c2C(F)(F)F)C3)CC1C. The molecule has 0 aliphatic carbocycles. The summed E-state index contributed by atoms with van der Waals surface area (Å²) in [6, 6.07) is 6.54. The van der Waals surface area contributed by atoms with E-state index in [1.165, 1.54) is 24.3 Å². The molecule has 42 heavy (non-hydrogen) atoms. The van der Waals surface area contributed by atoms with Crippen LogP contribution in [0.5, 0.6) is 5.88 Å². The lowest BCUT2D eigenvalue weighted by Crippen LogP contribution is -2.54. The number of nitriles is 1. The molecule has 3 aliphatic rings. The molecule has 1 aromatic carbocycles. The maximum atomic E-state index is 14.0. The summed E-state index contributed by atoms with van der Waals surface area (Å²) in [5.41, 5.74) is 1.51. The molecule has 2 saturated heterocycles. The Balaban J connectivity index is 1.55. The predicted molar refractivity (Wildman–Crippen MR) is 155 cm³/mol. The van der Waals surface area contributed by atoms with E-state index in [1.54, 1.807) is 9.80 Å². The first-order chi connectivity index (χ1) is 20.0. The molecule has 3 aliphatic heterocycles. The summed E-state index contributed by atoms with van der Waals surface area (Å²) in [6.45, 7) is 8.65. The van der Waals surface area contributed by atoms with E-state index in [4.69, 9.17) is 21.3 Å². The number of halogens is 4.